The minimum atomic E-state index is -0.496. The van der Waals surface area contributed by atoms with E-state index in [9.17, 15) is 4.79 Å². The molecule has 0 aliphatic heterocycles. The molecule has 0 aromatic carbocycles. The molecule has 0 saturated carbocycles. The monoisotopic (exact) mass is 300 g/mol. The molecule has 0 saturated heterocycles. The highest BCUT2D eigenvalue weighted by Crippen LogP contribution is 2.16. The van der Waals surface area contributed by atoms with Crippen LogP contribution < -0.4 is 10.6 Å². The number of alkyl carbamates (subject to hydrolysis) is 1. The molecule has 6 heteroatoms. The van der Waals surface area contributed by atoms with E-state index in [4.69, 9.17) is 4.74 Å². The third kappa shape index (κ3) is 7.20. The highest BCUT2D eigenvalue weighted by atomic mass is 16.6. The van der Waals surface area contributed by atoms with Crippen LogP contribution in [0.2, 0.25) is 0 Å². The number of aliphatic imine (C=N–C) groups is 1. The Kier molecular flexibility index (Phi) is 7.53. The molecule has 0 heterocycles. The van der Waals surface area contributed by atoms with E-state index in [2.05, 4.69) is 29.5 Å². The van der Waals surface area contributed by atoms with Crippen molar-refractivity contribution in [3.05, 3.63) is 0 Å². The summed E-state index contributed by atoms with van der Waals surface area (Å²) in [5.74, 6) is 0.785. The number of guanidine groups is 1. The number of nitrogens with zero attached hydrogens (tertiary/aromatic N) is 2. The zero-order valence-electron chi connectivity index (χ0n) is 14.8. The molecule has 0 atom stereocenters. The fraction of sp³-hybridized carbons (Fsp3) is 0.867. The van der Waals surface area contributed by atoms with Crippen molar-refractivity contribution < 1.29 is 9.53 Å². The summed E-state index contributed by atoms with van der Waals surface area (Å²) in [4.78, 5) is 18.1. The lowest BCUT2D eigenvalue weighted by Gasteiger charge is -2.35. The van der Waals surface area contributed by atoms with Crippen LogP contribution in [0.5, 0.6) is 0 Å². The van der Waals surface area contributed by atoms with Crippen LogP contribution in [0.1, 0.15) is 47.5 Å². The van der Waals surface area contributed by atoms with Gasteiger partial charge in [-0.05, 0) is 33.6 Å². The largest absolute Gasteiger partial charge is 0.444 e. The normalized spacial score (nSPS) is 12.9. The number of ether oxygens (including phenoxy) is 1. The van der Waals surface area contributed by atoms with Crippen LogP contribution in [0.3, 0.4) is 0 Å². The minimum absolute atomic E-state index is 0.353. The van der Waals surface area contributed by atoms with E-state index in [0.717, 1.165) is 18.8 Å². The summed E-state index contributed by atoms with van der Waals surface area (Å²) < 4.78 is 5.36. The second-order valence-electron chi connectivity index (χ2n) is 6.41. The molecule has 2 N–H and O–H groups in total. The summed E-state index contributed by atoms with van der Waals surface area (Å²) >= 11 is 0. The van der Waals surface area contributed by atoms with Crippen molar-refractivity contribution in [3.8, 4) is 0 Å². The van der Waals surface area contributed by atoms with Crippen molar-refractivity contribution in [1.82, 2.24) is 15.5 Å². The Morgan fingerprint density at radius 1 is 1.19 bits per heavy atom. The van der Waals surface area contributed by atoms with Crippen LogP contribution in [0, 0.1) is 0 Å². The maximum atomic E-state index is 12.0. The van der Waals surface area contributed by atoms with E-state index in [1.54, 1.807) is 7.05 Å². The van der Waals surface area contributed by atoms with E-state index in [-0.39, 0.29) is 11.6 Å². The first-order chi connectivity index (χ1) is 9.59. The summed E-state index contributed by atoms with van der Waals surface area (Å²) in [7, 11) is 5.59. The lowest BCUT2D eigenvalue weighted by atomic mass is 9.93. The summed E-state index contributed by atoms with van der Waals surface area (Å²) in [6.45, 7) is 10.3. The first kappa shape index (κ1) is 19.5. The van der Waals surface area contributed by atoms with Gasteiger partial charge >= 0.3 is 6.09 Å². The SMILES string of the molecule is CCC(CC)(CNC(=NC)N(C)C)NC(=O)OC(C)(C)C. The second-order valence-corrected chi connectivity index (χ2v) is 6.41. The number of hydrogen-bond acceptors (Lipinski definition) is 3. The van der Waals surface area contributed by atoms with Crippen LogP contribution in [0.25, 0.3) is 0 Å². The molecule has 0 aromatic heterocycles. The zero-order valence-corrected chi connectivity index (χ0v) is 14.8. The molecule has 124 valence electrons. The van der Waals surface area contributed by atoms with E-state index >= 15 is 0 Å². The number of amides is 1. The molecule has 0 bridgehead atoms. The number of hydrogen-bond donors (Lipinski definition) is 2. The average Bonchev–Trinajstić information content (AvgIpc) is 2.35. The standard InChI is InChI=1S/C15H32N4O2/c1-9-15(10-2,11-17-12(16-6)19(7)8)18-13(20)21-14(3,4)5/h9-11H2,1-8H3,(H,16,17)(H,18,20). The van der Waals surface area contributed by atoms with Crippen molar-refractivity contribution >= 4 is 12.1 Å². The highest BCUT2D eigenvalue weighted by molar-refractivity contribution is 5.79. The smallest absolute Gasteiger partial charge is 0.408 e. The third-order valence-electron chi connectivity index (χ3n) is 3.34. The minimum Gasteiger partial charge on any atom is -0.444 e. The fourth-order valence-corrected chi connectivity index (χ4v) is 1.93. The van der Waals surface area contributed by atoms with E-state index in [1.807, 2.05) is 39.8 Å². The Morgan fingerprint density at radius 2 is 1.71 bits per heavy atom. The Hall–Kier alpha value is -1.46. The lowest BCUT2D eigenvalue weighted by molar-refractivity contribution is 0.0448. The van der Waals surface area contributed by atoms with E-state index in [1.165, 1.54) is 0 Å². The van der Waals surface area contributed by atoms with Gasteiger partial charge in [0.05, 0.1) is 5.54 Å². The molecule has 0 aliphatic rings. The molecule has 6 nitrogen and oxygen atoms in total. The van der Waals surface area contributed by atoms with Gasteiger partial charge in [0, 0.05) is 27.7 Å². The first-order valence-electron chi connectivity index (χ1n) is 7.48. The van der Waals surface area contributed by atoms with Gasteiger partial charge in [0.15, 0.2) is 5.96 Å². The molecular formula is C15H32N4O2. The molecule has 0 unspecified atom stereocenters. The average molecular weight is 300 g/mol. The van der Waals surface area contributed by atoms with Crippen molar-refractivity contribution in [1.29, 1.82) is 0 Å². The molecule has 0 fully saturated rings. The highest BCUT2D eigenvalue weighted by Gasteiger charge is 2.30. The Balaban J connectivity index is 4.81. The number of carbonyl (C=O) groups is 1. The predicted octanol–water partition coefficient (Wildman–Crippen LogP) is 2.21. The van der Waals surface area contributed by atoms with Gasteiger partial charge in [-0.2, -0.15) is 0 Å². The van der Waals surface area contributed by atoms with Gasteiger partial charge in [0.2, 0.25) is 0 Å². The van der Waals surface area contributed by atoms with Gasteiger partial charge in [0.1, 0.15) is 5.60 Å². The Bertz CT molecular complexity index is 355. The van der Waals surface area contributed by atoms with Crippen LogP contribution >= 0.6 is 0 Å². The molecule has 1 amide bonds. The van der Waals surface area contributed by atoms with Gasteiger partial charge < -0.3 is 20.3 Å². The van der Waals surface area contributed by atoms with Crippen LogP contribution in [-0.4, -0.2) is 55.8 Å². The van der Waals surface area contributed by atoms with Crippen LogP contribution in [-0.2, 0) is 4.74 Å². The molecule has 0 aromatic rings. The summed E-state index contributed by atoms with van der Waals surface area (Å²) in [6, 6.07) is 0. The van der Waals surface area contributed by atoms with Crippen molar-refractivity contribution in [2.24, 2.45) is 4.99 Å². The van der Waals surface area contributed by atoms with E-state index < -0.39 is 5.60 Å². The number of carbonyl (C=O) groups excluding carboxylic acids is 1. The Morgan fingerprint density at radius 3 is 2.05 bits per heavy atom. The molecule has 0 spiro atoms. The molecule has 0 radical (unpaired) electrons. The fourth-order valence-electron chi connectivity index (χ4n) is 1.93. The van der Waals surface area contributed by atoms with Crippen molar-refractivity contribution in [2.75, 3.05) is 27.7 Å². The van der Waals surface area contributed by atoms with Crippen LogP contribution in [0.15, 0.2) is 4.99 Å². The molecule has 0 rings (SSSR count). The lowest BCUT2D eigenvalue weighted by Crippen LogP contribution is -2.57. The van der Waals surface area contributed by atoms with Crippen molar-refractivity contribution in [2.45, 2.75) is 58.6 Å². The van der Waals surface area contributed by atoms with Gasteiger partial charge in [0.25, 0.3) is 0 Å². The predicted molar refractivity (Wildman–Crippen MR) is 87.7 cm³/mol. The summed E-state index contributed by atoms with van der Waals surface area (Å²) in [5.41, 5.74) is -0.849. The first-order valence-corrected chi connectivity index (χ1v) is 7.48. The third-order valence-corrected chi connectivity index (χ3v) is 3.34. The van der Waals surface area contributed by atoms with Crippen LogP contribution in [0.4, 0.5) is 4.79 Å². The zero-order chi connectivity index (χ0) is 16.7. The van der Waals surface area contributed by atoms with Gasteiger partial charge in [-0.3, -0.25) is 4.99 Å². The van der Waals surface area contributed by atoms with E-state index in [0.29, 0.717) is 6.54 Å². The summed E-state index contributed by atoms with van der Waals surface area (Å²) in [5, 5.41) is 6.29. The van der Waals surface area contributed by atoms with Gasteiger partial charge in [-0.15, -0.1) is 0 Å². The molecule has 0 aliphatic carbocycles. The summed E-state index contributed by atoms with van der Waals surface area (Å²) in [6.07, 6.45) is 1.23. The topological polar surface area (TPSA) is 66.0 Å². The molecular weight excluding hydrogens is 268 g/mol. The number of rotatable bonds is 5. The Labute approximate surface area is 129 Å². The molecule has 21 heavy (non-hydrogen) atoms. The quantitative estimate of drug-likeness (QED) is 0.603. The maximum Gasteiger partial charge on any atom is 0.408 e. The van der Waals surface area contributed by atoms with Gasteiger partial charge in [-0.1, -0.05) is 13.8 Å². The van der Waals surface area contributed by atoms with Crippen molar-refractivity contribution in [3.63, 3.8) is 0 Å². The second kappa shape index (κ2) is 8.10. The van der Waals surface area contributed by atoms with Gasteiger partial charge in [-0.25, -0.2) is 4.79 Å². The maximum absolute atomic E-state index is 12.0. The number of nitrogens with one attached hydrogen (secondary N) is 2.